The maximum Gasteiger partial charge on any atom is 0.253 e. The van der Waals surface area contributed by atoms with Crippen molar-refractivity contribution in [3.63, 3.8) is 0 Å². The third-order valence-corrected chi connectivity index (χ3v) is 5.24. The summed E-state index contributed by atoms with van der Waals surface area (Å²) < 4.78 is 6.15. The smallest absolute Gasteiger partial charge is 0.253 e. The SMILES string of the molecule is CCN(CC)c1ccc2c(c1)oc1cccc(-c3ccccc3C(=O)Cl)c12. The molecule has 0 bridgehead atoms. The molecule has 1 heterocycles. The van der Waals surface area contributed by atoms with Gasteiger partial charge >= 0.3 is 0 Å². The van der Waals surface area contributed by atoms with Crippen LogP contribution in [0.2, 0.25) is 0 Å². The molecule has 0 aliphatic rings. The van der Waals surface area contributed by atoms with Crippen LogP contribution in [0.5, 0.6) is 0 Å². The molecule has 0 spiro atoms. The number of carbonyl (C=O) groups is 1. The Hall–Kier alpha value is -2.78. The summed E-state index contributed by atoms with van der Waals surface area (Å²) in [7, 11) is 0. The lowest BCUT2D eigenvalue weighted by molar-refractivity contribution is 0.108. The molecule has 0 radical (unpaired) electrons. The van der Waals surface area contributed by atoms with E-state index in [9.17, 15) is 4.79 Å². The zero-order chi connectivity index (χ0) is 19.0. The molecule has 4 aromatic rings. The van der Waals surface area contributed by atoms with Gasteiger partial charge in [-0.2, -0.15) is 0 Å². The Balaban J connectivity index is 1.99. The molecule has 0 atom stereocenters. The summed E-state index contributed by atoms with van der Waals surface area (Å²) in [5, 5.41) is 1.58. The predicted octanol–water partition coefficient (Wildman–Crippen LogP) is 6.48. The lowest BCUT2D eigenvalue weighted by Crippen LogP contribution is -2.21. The number of nitrogens with zero attached hydrogens (tertiary/aromatic N) is 1. The summed E-state index contributed by atoms with van der Waals surface area (Å²) in [6.07, 6.45) is 0. The predicted molar refractivity (Wildman–Crippen MR) is 113 cm³/mol. The number of hydrogen-bond donors (Lipinski definition) is 0. The van der Waals surface area contributed by atoms with E-state index in [0.29, 0.717) is 5.56 Å². The molecular formula is C23H20ClNO2. The standard InChI is InChI=1S/C23H20ClNO2/c1-3-25(4-2)15-12-13-19-21(14-15)27-20-11-7-10-17(22(19)20)16-8-5-6-9-18(16)23(24)26/h5-14H,3-4H2,1-2H3. The van der Waals surface area contributed by atoms with Gasteiger partial charge in [-0.05, 0) is 60.8 Å². The average molecular weight is 378 g/mol. The molecule has 27 heavy (non-hydrogen) atoms. The molecular weight excluding hydrogens is 358 g/mol. The normalized spacial score (nSPS) is 11.2. The first-order valence-corrected chi connectivity index (χ1v) is 9.51. The van der Waals surface area contributed by atoms with Gasteiger partial charge in [-0.3, -0.25) is 4.79 Å². The van der Waals surface area contributed by atoms with Crippen molar-refractivity contribution in [3.05, 3.63) is 66.2 Å². The molecule has 0 aliphatic heterocycles. The molecule has 3 aromatic carbocycles. The van der Waals surface area contributed by atoms with Crippen LogP contribution in [0, 0.1) is 0 Å². The maximum absolute atomic E-state index is 11.9. The van der Waals surface area contributed by atoms with Crippen LogP contribution < -0.4 is 4.90 Å². The van der Waals surface area contributed by atoms with E-state index >= 15 is 0 Å². The van der Waals surface area contributed by atoms with Gasteiger partial charge in [-0.25, -0.2) is 0 Å². The third kappa shape index (κ3) is 2.98. The molecule has 0 aliphatic carbocycles. The summed E-state index contributed by atoms with van der Waals surface area (Å²) in [5.41, 5.74) is 5.06. The van der Waals surface area contributed by atoms with Crippen LogP contribution in [0.1, 0.15) is 24.2 Å². The fourth-order valence-corrected chi connectivity index (χ4v) is 3.88. The van der Waals surface area contributed by atoms with E-state index in [-0.39, 0.29) is 0 Å². The van der Waals surface area contributed by atoms with Gasteiger partial charge in [0.15, 0.2) is 0 Å². The maximum atomic E-state index is 11.9. The van der Waals surface area contributed by atoms with Crippen LogP contribution in [0.15, 0.2) is 65.1 Å². The Bertz CT molecular complexity index is 1140. The van der Waals surface area contributed by atoms with Gasteiger partial charge in [0.2, 0.25) is 0 Å². The lowest BCUT2D eigenvalue weighted by Gasteiger charge is -2.20. The molecule has 0 amide bonds. The zero-order valence-electron chi connectivity index (χ0n) is 15.3. The quantitative estimate of drug-likeness (QED) is 0.373. The van der Waals surface area contributed by atoms with Gasteiger partial charge in [0.1, 0.15) is 11.2 Å². The minimum absolute atomic E-state index is 0.459. The van der Waals surface area contributed by atoms with E-state index < -0.39 is 5.24 Å². The number of furan rings is 1. The van der Waals surface area contributed by atoms with E-state index in [2.05, 4.69) is 36.9 Å². The molecule has 0 saturated carbocycles. The first-order valence-electron chi connectivity index (χ1n) is 9.13. The highest BCUT2D eigenvalue weighted by molar-refractivity contribution is 6.68. The van der Waals surface area contributed by atoms with Crippen molar-refractivity contribution in [1.29, 1.82) is 0 Å². The van der Waals surface area contributed by atoms with E-state index in [1.807, 2.05) is 36.4 Å². The Morgan fingerprint density at radius 2 is 1.67 bits per heavy atom. The van der Waals surface area contributed by atoms with Crippen molar-refractivity contribution in [3.8, 4) is 11.1 Å². The summed E-state index contributed by atoms with van der Waals surface area (Å²) in [5.74, 6) is 0. The molecule has 0 fully saturated rings. The third-order valence-electron chi connectivity index (χ3n) is 5.04. The van der Waals surface area contributed by atoms with Crippen LogP contribution in [0.4, 0.5) is 5.69 Å². The number of fused-ring (bicyclic) bond motifs is 3. The van der Waals surface area contributed by atoms with Gasteiger partial charge in [0, 0.05) is 41.2 Å². The molecule has 136 valence electrons. The second kappa shape index (κ2) is 7.09. The van der Waals surface area contributed by atoms with Gasteiger partial charge < -0.3 is 9.32 Å². The fraction of sp³-hybridized carbons (Fsp3) is 0.174. The largest absolute Gasteiger partial charge is 0.456 e. The number of hydrogen-bond acceptors (Lipinski definition) is 3. The molecule has 0 N–H and O–H groups in total. The van der Waals surface area contributed by atoms with Crippen LogP contribution in [-0.2, 0) is 0 Å². The zero-order valence-corrected chi connectivity index (χ0v) is 16.1. The van der Waals surface area contributed by atoms with Crippen molar-refractivity contribution >= 4 is 44.5 Å². The lowest BCUT2D eigenvalue weighted by atomic mass is 9.96. The number of benzene rings is 3. The first-order chi connectivity index (χ1) is 13.1. The first kappa shape index (κ1) is 17.6. The average Bonchev–Trinajstić information content (AvgIpc) is 3.07. The Kier molecular flexibility index (Phi) is 4.63. The molecule has 4 heteroatoms. The van der Waals surface area contributed by atoms with E-state index in [1.165, 1.54) is 0 Å². The number of anilines is 1. The number of rotatable bonds is 5. The second-order valence-corrected chi connectivity index (χ2v) is 6.80. The van der Waals surface area contributed by atoms with E-state index in [0.717, 1.165) is 51.8 Å². The minimum Gasteiger partial charge on any atom is -0.456 e. The number of carbonyl (C=O) groups excluding carboxylic acids is 1. The van der Waals surface area contributed by atoms with Gasteiger partial charge in [-0.15, -0.1) is 0 Å². The molecule has 4 rings (SSSR count). The summed E-state index contributed by atoms with van der Waals surface area (Å²) in [6.45, 7) is 6.17. The molecule has 1 aromatic heterocycles. The van der Waals surface area contributed by atoms with Crippen LogP contribution >= 0.6 is 11.6 Å². The number of halogens is 1. The molecule has 0 unspecified atom stereocenters. The van der Waals surface area contributed by atoms with Crippen LogP contribution in [0.25, 0.3) is 33.1 Å². The second-order valence-electron chi connectivity index (χ2n) is 6.45. The Morgan fingerprint density at radius 3 is 2.41 bits per heavy atom. The van der Waals surface area contributed by atoms with E-state index in [4.69, 9.17) is 16.0 Å². The highest BCUT2D eigenvalue weighted by Gasteiger charge is 2.17. The van der Waals surface area contributed by atoms with Crippen molar-refractivity contribution in [1.82, 2.24) is 0 Å². The van der Waals surface area contributed by atoms with Gasteiger partial charge in [0.25, 0.3) is 5.24 Å². The summed E-state index contributed by atoms with van der Waals surface area (Å²) in [4.78, 5) is 14.2. The van der Waals surface area contributed by atoms with Crippen molar-refractivity contribution in [2.75, 3.05) is 18.0 Å². The minimum atomic E-state index is -0.459. The highest BCUT2D eigenvalue weighted by Crippen LogP contribution is 2.39. The van der Waals surface area contributed by atoms with Crippen molar-refractivity contribution < 1.29 is 9.21 Å². The topological polar surface area (TPSA) is 33.5 Å². The molecule has 0 saturated heterocycles. The van der Waals surface area contributed by atoms with Crippen molar-refractivity contribution in [2.24, 2.45) is 0 Å². The summed E-state index contributed by atoms with van der Waals surface area (Å²) >= 11 is 5.82. The summed E-state index contributed by atoms with van der Waals surface area (Å²) in [6, 6.07) is 19.6. The van der Waals surface area contributed by atoms with Gasteiger partial charge in [0.05, 0.1) is 0 Å². The van der Waals surface area contributed by atoms with Gasteiger partial charge in [-0.1, -0.05) is 30.3 Å². The Labute approximate surface area is 163 Å². The Morgan fingerprint density at radius 1 is 0.926 bits per heavy atom. The molecule has 3 nitrogen and oxygen atoms in total. The van der Waals surface area contributed by atoms with Crippen LogP contribution in [-0.4, -0.2) is 18.3 Å². The van der Waals surface area contributed by atoms with E-state index in [1.54, 1.807) is 6.07 Å². The van der Waals surface area contributed by atoms with Crippen molar-refractivity contribution in [2.45, 2.75) is 13.8 Å². The fourth-order valence-electron chi connectivity index (χ4n) is 3.71. The monoisotopic (exact) mass is 377 g/mol. The van der Waals surface area contributed by atoms with Crippen LogP contribution in [0.3, 0.4) is 0 Å². The highest BCUT2D eigenvalue weighted by atomic mass is 35.5.